The molecule has 0 spiro atoms. The Balaban J connectivity index is 0.000000129. The van der Waals surface area contributed by atoms with E-state index in [0.717, 1.165) is 96.2 Å². The van der Waals surface area contributed by atoms with Crippen molar-refractivity contribution < 1.29 is 51.0 Å². The number of carbonyl (C=O) groups is 4. The molecular formula is C104H101F4N25O7. The first kappa shape index (κ1) is 94.8. The highest BCUT2D eigenvalue weighted by atomic mass is 19.1. The van der Waals surface area contributed by atoms with Crippen LogP contribution >= 0.6 is 0 Å². The minimum atomic E-state index is -0.317. The van der Waals surface area contributed by atoms with E-state index in [4.69, 9.17) is 34.1 Å². The van der Waals surface area contributed by atoms with Crippen LogP contribution in [0.2, 0.25) is 0 Å². The van der Waals surface area contributed by atoms with Gasteiger partial charge < -0.3 is 71.7 Å². The molecule has 32 nitrogen and oxygen atoms in total. The molecule has 4 fully saturated rings. The molecule has 712 valence electrons. The Morgan fingerprint density at radius 3 is 0.864 bits per heavy atom. The molecule has 8 aromatic carbocycles. The number of imidazole rings is 4. The summed E-state index contributed by atoms with van der Waals surface area (Å²) in [5.74, 6) is 6.01. The van der Waals surface area contributed by atoms with Crippen LogP contribution in [0.25, 0.3) is 67.8 Å². The highest BCUT2D eigenvalue weighted by molar-refractivity contribution is 5.82. The molecule has 4 amide bonds. The quantitative estimate of drug-likeness (QED) is 0.0537. The van der Waals surface area contributed by atoms with E-state index in [9.17, 15) is 36.7 Å². The Bertz CT molecular complexity index is 6600. The monoisotopic (exact) mass is 1890 g/mol. The van der Waals surface area contributed by atoms with Crippen LogP contribution < -0.4 is 33.8 Å². The highest BCUT2D eigenvalue weighted by Gasteiger charge is 2.31. The molecule has 0 saturated carbocycles. The topological polar surface area (TPSA) is 309 Å². The van der Waals surface area contributed by atoms with E-state index in [1.165, 1.54) is 61.2 Å². The Labute approximate surface area is 805 Å². The normalized spacial score (nSPS) is 13.7. The van der Waals surface area contributed by atoms with Crippen LogP contribution in [0.4, 0.5) is 41.2 Å². The minimum absolute atomic E-state index is 0.000264. The molecule has 16 aromatic rings. The maximum Gasteiger partial charge on any atom is 0.230 e. The molecule has 0 radical (unpaired) electrons. The van der Waals surface area contributed by atoms with Crippen molar-refractivity contribution >= 4 is 47.3 Å². The molecule has 0 atom stereocenters. The van der Waals surface area contributed by atoms with Gasteiger partial charge in [0.05, 0.1) is 82.2 Å². The average molecular weight is 1890 g/mol. The van der Waals surface area contributed by atoms with E-state index in [-0.39, 0.29) is 72.6 Å². The number of hydrogen-bond donors (Lipinski definition) is 0. The van der Waals surface area contributed by atoms with Crippen molar-refractivity contribution in [3.63, 3.8) is 0 Å². The molecule has 12 heterocycles. The van der Waals surface area contributed by atoms with Crippen LogP contribution in [-0.2, 0) is 44.9 Å². The number of nitrogens with zero attached hydrogens (tertiary/aromatic N) is 25. The summed E-state index contributed by atoms with van der Waals surface area (Å²) in [5, 5.41) is 8.10. The van der Waals surface area contributed by atoms with E-state index in [1.54, 1.807) is 107 Å². The lowest BCUT2D eigenvalue weighted by atomic mass is 10.1. The highest BCUT2D eigenvalue weighted by Crippen LogP contribution is 2.32. The van der Waals surface area contributed by atoms with Gasteiger partial charge in [-0.05, 0) is 178 Å². The molecule has 140 heavy (non-hydrogen) atoms. The third kappa shape index (κ3) is 23.7. The Kier molecular flexibility index (Phi) is 30.3. The first-order valence-electron chi connectivity index (χ1n) is 45.7. The van der Waals surface area contributed by atoms with Crippen molar-refractivity contribution in [2.45, 2.75) is 39.5 Å². The molecule has 4 aliphatic rings. The fourth-order valence-corrected chi connectivity index (χ4v) is 16.5. The lowest BCUT2D eigenvalue weighted by Gasteiger charge is -2.35. The van der Waals surface area contributed by atoms with Gasteiger partial charge in [0, 0.05) is 193 Å². The standard InChI is InChI=1S/C27H27FN6O2.2C26H25FN6O2.C25H24FN7O/c1-19-3-5-20(6-4-19)24-18-34(22-9-7-21(28)8-10-22)25(31-24)15-26(35)32-11-13-33(14-12-32)27-29-16-23(36-2)17-30-27;1-35-22-9-3-19(4-10-22)23-18-33(21-7-5-20(27)6-8-21)24(30-23)17-25(34)31-13-15-32(16-14-31)26-28-11-2-12-29-26;1-35-22-10-4-19(5-11-22)23-18-33(21-8-6-20(27)7-9-21)25(29-23)17-26(34)32-15-13-31(14-16-32)24-3-2-12-28-30-24;1-18-2-4-19(5-3-18)22-15-33(21-8-6-20(26)7-9-21)23(30-22)14-24(34)31-10-12-32(13-11-31)25-28-16-27-17-29-25/h3-10,16-18H,11-15H2,1-2H3;2*2-12,18H,13-17H2,1H3;2-9,15-17H,10-14H2,1H3. The average Bonchev–Trinajstić information content (AvgIpc) is 1.67. The number of halogens is 4. The Hall–Kier alpha value is -17.0. The van der Waals surface area contributed by atoms with Gasteiger partial charge in [0.1, 0.15) is 70.7 Å². The number of amides is 4. The number of methoxy groups -OCH3 is 3. The van der Waals surface area contributed by atoms with Crippen molar-refractivity contribution in [3.05, 3.63) is 338 Å². The maximum absolute atomic E-state index is 13.6. The number of aromatic nitrogens is 17. The number of benzene rings is 8. The fourth-order valence-electron chi connectivity index (χ4n) is 16.5. The van der Waals surface area contributed by atoms with Crippen LogP contribution in [-0.4, -0.2) is 253 Å². The van der Waals surface area contributed by atoms with E-state index < -0.39 is 0 Å². The SMILES string of the molecule is COc1ccc(-c2cn(-c3ccc(F)cc3)c(CC(=O)N3CCN(c4cccnn4)CC3)n2)cc1.COc1ccc(-c2cn(-c3ccc(F)cc3)c(CC(=O)N3CCN(c4ncccn4)CC3)n2)cc1.COc1cnc(N2CCN(C(=O)Cc3nc(-c4ccc(C)cc4)cn3-c3ccc(F)cc3)CC2)nc1.Cc1ccc(-c2cn(-c3ccc(F)cc3)c(CC(=O)N3CCN(c4ncncn4)CC3)n2)cc1. The first-order valence-corrected chi connectivity index (χ1v) is 45.7. The second-order valence-electron chi connectivity index (χ2n) is 33.4. The van der Waals surface area contributed by atoms with Gasteiger partial charge in [-0.2, -0.15) is 5.10 Å². The molecular weight excluding hydrogens is 1790 g/mol. The van der Waals surface area contributed by atoms with Gasteiger partial charge in [0.15, 0.2) is 11.6 Å². The second-order valence-corrected chi connectivity index (χ2v) is 33.4. The summed E-state index contributed by atoms with van der Waals surface area (Å²) in [7, 11) is 4.82. The van der Waals surface area contributed by atoms with Crippen LogP contribution in [0.15, 0.2) is 281 Å². The van der Waals surface area contributed by atoms with E-state index in [1.807, 2.05) is 191 Å². The lowest BCUT2D eigenvalue weighted by molar-refractivity contribution is -0.131. The van der Waals surface area contributed by atoms with Crippen LogP contribution in [0.5, 0.6) is 17.2 Å². The third-order valence-corrected chi connectivity index (χ3v) is 24.4. The maximum atomic E-state index is 13.6. The van der Waals surface area contributed by atoms with E-state index in [0.29, 0.717) is 152 Å². The summed E-state index contributed by atoms with van der Waals surface area (Å²) in [5.41, 5.74) is 12.0. The second kappa shape index (κ2) is 44.7. The third-order valence-electron chi connectivity index (χ3n) is 24.4. The van der Waals surface area contributed by atoms with Gasteiger partial charge in [-0.1, -0.05) is 59.7 Å². The number of aryl methyl sites for hydroxylation is 2. The number of hydrogen-bond acceptors (Lipinski definition) is 24. The van der Waals surface area contributed by atoms with E-state index in [2.05, 4.69) is 59.8 Å². The van der Waals surface area contributed by atoms with Gasteiger partial charge in [0.2, 0.25) is 41.5 Å². The zero-order valence-corrected chi connectivity index (χ0v) is 77.8. The molecule has 0 unspecified atom stereocenters. The number of ether oxygens (including phenoxy) is 3. The van der Waals surface area contributed by atoms with Crippen LogP contribution in [0.3, 0.4) is 0 Å². The van der Waals surface area contributed by atoms with Gasteiger partial charge in [-0.15, -0.1) is 5.10 Å². The minimum Gasteiger partial charge on any atom is -0.497 e. The number of piperazine rings is 4. The summed E-state index contributed by atoms with van der Waals surface area (Å²) in [6.07, 6.45) is 19.4. The number of rotatable bonds is 23. The van der Waals surface area contributed by atoms with Crippen LogP contribution in [0.1, 0.15) is 34.4 Å². The molecule has 0 aliphatic carbocycles. The predicted molar refractivity (Wildman–Crippen MR) is 521 cm³/mol. The number of anilines is 4. The first-order chi connectivity index (χ1) is 68.3. The predicted octanol–water partition coefficient (Wildman–Crippen LogP) is 13.5. The molecule has 0 N–H and O–H groups in total. The van der Waals surface area contributed by atoms with Crippen molar-refractivity contribution in [3.8, 4) is 85.0 Å². The summed E-state index contributed by atoms with van der Waals surface area (Å²) < 4.78 is 77.2. The summed E-state index contributed by atoms with van der Waals surface area (Å²) in [6.45, 7) is 14.0. The van der Waals surface area contributed by atoms with Gasteiger partial charge in [-0.25, -0.2) is 72.4 Å². The van der Waals surface area contributed by atoms with Crippen molar-refractivity contribution in [1.82, 2.24) is 103 Å². The van der Waals surface area contributed by atoms with Gasteiger partial charge in [0.25, 0.3) is 0 Å². The summed E-state index contributed by atoms with van der Waals surface area (Å²) in [4.78, 5) is 117. The lowest BCUT2D eigenvalue weighted by Crippen LogP contribution is -2.49. The van der Waals surface area contributed by atoms with Crippen LogP contribution in [0, 0.1) is 37.1 Å². The Morgan fingerprint density at radius 2 is 0.579 bits per heavy atom. The smallest absolute Gasteiger partial charge is 0.230 e. The van der Waals surface area contributed by atoms with Crippen molar-refractivity contribution in [2.75, 3.05) is 146 Å². The van der Waals surface area contributed by atoms with Gasteiger partial charge >= 0.3 is 0 Å². The fraction of sp³-hybridized carbons (Fsp3) is 0.240. The zero-order chi connectivity index (χ0) is 97.0. The largest absolute Gasteiger partial charge is 0.497 e. The molecule has 8 aromatic heterocycles. The molecule has 20 rings (SSSR count). The molecule has 36 heteroatoms. The summed E-state index contributed by atoms with van der Waals surface area (Å²) >= 11 is 0. The van der Waals surface area contributed by atoms with Crippen molar-refractivity contribution in [1.29, 1.82) is 0 Å². The number of carbonyl (C=O) groups excluding carboxylic acids is 4. The summed E-state index contributed by atoms with van der Waals surface area (Å²) in [6, 6.07) is 61.6. The Morgan fingerprint density at radius 1 is 0.300 bits per heavy atom. The van der Waals surface area contributed by atoms with E-state index >= 15 is 0 Å². The van der Waals surface area contributed by atoms with Crippen molar-refractivity contribution in [2.24, 2.45) is 0 Å². The molecule has 4 aliphatic heterocycles. The molecule has 4 saturated heterocycles. The zero-order valence-electron chi connectivity index (χ0n) is 77.8. The molecule has 0 bridgehead atoms. The van der Waals surface area contributed by atoms with Gasteiger partial charge in [-0.3, -0.25) is 19.2 Å².